The number of nitrogen functional groups attached to an aromatic ring is 1. The predicted octanol–water partition coefficient (Wildman–Crippen LogP) is 0.960. The number of nitrogens with zero attached hydrogens (tertiary/aromatic N) is 4. The van der Waals surface area contributed by atoms with Crippen molar-refractivity contribution in [3.05, 3.63) is 40.2 Å². The molecule has 0 bridgehead atoms. The first kappa shape index (κ1) is 12.8. The van der Waals surface area contributed by atoms with E-state index in [1.807, 2.05) is 19.3 Å². The predicted molar refractivity (Wildman–Crippen MR) is 70.7 cm³/mol. The highest BCUT2D eigenvalue weighted by Gasteiger charge is 2.14. The van der Waals surface area contributed by atoms with Crippen molar-refractivity contribution in [1.29, 1.82) is 0 Å². The molecule has 0 unspecified atom stereocenters. The van der Waals surface area contributed by atoms with E-state index in [-0.39, 0.29) is 17.3 Å². The molecule has 0 aromatic carbocycles. The molecule has 8 heteroatoms. The highest BCUT2D eigenvalue weighted by molar-refractivity contribution is 5.59. The van der Waals surface area contributed by atoms with E-state index in [0.717, 1.165) is 5.69 Å². The van der Waals surface area contributed by atoms with Gasteiger partial charge in [0.2, 0.25) is 5.82 Å². The Hall–Kier alpha value is -2.64. The van der Waals surface area contributed by atoms with E-state index in [0.29, 0.717) is 13.0 Å². The van der Waals surface area contributed by atoms with Crippen LogP contribution in [0.3, 0.4) is 0 Å². The fraction of sp³-hybridized carbons (Fsp3) is 0.273. The second-order valence-electron chi connectivity index (χ2n) is 4.02. The van der Waals surface area contributed by atoms with Crippen LogP contribution < -0.4 is 11.1 Å². The van der Waals surface area contributed by atoms with Crippen LogP contribution in [0.25, 0.3) is 0 Å². The topological polar surface area (TPSA) is 112 Å². The van der Waals surface area contributed by atoms with Gasteiger partial charge in [-0.15, -0.1) is 0 Å². The normalized spacial score (nSPS) is 10.4. The SMILES string of the molecule is Cn1ccc(CCNc2nc(N)ccc2[N+](=O)[O-])n1. The average molecular weight is 262 g/mol. The van der Waals surface area contributed by atoms with Gasteiger partial charge >= 0.3 is 5.69 Å². The van der Waals surface area contributed by atoms with Gasteiger partial charge in [-0.25, -0.2) is 4.98 Å². The number of anilines is 2. The van der Waals surface area contributed by atoms with Crippen LogP contribution in [0.2, 0.25) is 0 Å². The minimum Gasteiger partial charge on any atom is -0.384 e. The van der Waals surface area contributed by atoms with Crippen molar-refractivity contribution in [2.45, 2.75) is 6.42 Å². The van der Waals surface area contributed by atoms with Crippen LogP contribution in [-0.2, 0) is 13.5 Å². The number of hydrogen-bond donors (Lipinski definition) is 2. The van der Waals surface area contributed by atoms with Crippen LogP contribution >= 0.6 is 0 Å². The first-order valence-corrected chi connectivity index (χ1v) is 5.69. The molecule has 2 rings (SSSR count). The molecule has 0 aliphatic rings. The Kier molecular flexibility index (Phi) is 3.60. The largest absolute Gasteiger partial charge is 0.384 e. The van der Waals surface area contributed by atoms with Crippen LogP contribution in [0.4, 0.5) is 17.3 Å². The first-order chi connectivity index (χ1) is 9.06. The summed E-state index contributed by atoms with van der Waals surface area (Å²) in [6.07, 6.45) is 2.49. The van der Waals surface area contributed by atoms with Gasteiger partial charge in [-0.2, -0.15) is 5.10 Å². The molecule has 2 heterocycles. The van der Waals surface area contributed by atoms with Gasteiger partial charge in [0.1, 0.15) is 5.82 Å². The fourth-order valence-corrected chi connectivity index (χ4v) is 1.65. The van der Waals surface area contributed by atoms with Crippen LogP contribution in [0.5, 0.6) is 0 Å². The summed E-state index contributed by atoms with van der Waals surface area (Å²) in [5.74, 6) is 0.423. The third-order valence-electron chi connectivity index (χ3n) is 2.53. The number of aryl methyl sites for hydroxylation is 1. The summed E-state index contributed by atoms with van der Waals surface area (Å²) in [5.41, 5.74) is 6.34. The Bertz CT molecular complexity index is 595. The van der Waals surface area contributed by atoms with Gasteiger partial charge in [-0.1, -0.05) is 0 Å². The van der Waals surface area contributed by atoms with Gasteiger partial charge in [-0.3, -0.25) is 14.8 Å². The summed E-state index contributed by atoms with van der Waals surface area (Å²) >= 11 is 0. The molecule has 0 aliphatic heterocycles. The maximum absolute atomic E-state index is 10.8. The van der Waals surface area contributed by atoms with E-state index in [1.54, 1.807) is 4.68 Å². The summed E-state index contributed by atoms with van der Waals surface area (Å²) in [6, 6.07) is 4.64. The summed E-state index contributed by atoms with van der Waals surface area (Å²) in [7, 11) is 1.83. The van der Waals surface area contributed by atoms with E-state index in [1.165, 1.54) is 12.1 Å². The average Bonchev–Trinajstić information content (AvgIpc) is 2.75. The number of nitrogens with two attached hydrogens (primary N) is 1. The van der Waals surface area contributed by atoms with Crippen molar-refractivity contribution in [3.8, 4) is 0 Å². The standard InChI is InChI=1S/C11H14N6O2/c1-16-7-5-8(15-16)4-6-13-11-9(17(18)19)2-3-10(12)14-11/h2-3,5,7H,4,6H2,1H3,(H3,12,13,14). The lowest BCUT2D eigenvalue weighted by atomic mass is 10.3. The van der Waals surface area contributed by atoms with E-state index in [4.69, 9.17) is 5.73 Å². The van der Waals surface area contributed by atoms with Gasteiger partial charge in [0.15, 0.2) is 0 Å². The van der Waals surface area contributed by atoms with Gasteiger partial charge in [0, 0.05) is 32.3 Å². The van der Waals surface area contributed by atoms with Crippen LogP contribution in [0, 0.1) is 10.1 Å². The van der Waals surface area contributed by atoms with Crippen LogP contribution in [0.15, 0.2) is 24.4 Å². The maximum Gasteiger partial charge on any atom is 0.311 e. The molecule has 100 valence electrons. The Balaban J connectivity index is 2.02. The highest BCUT2D eigenvalue weighted by Crippen LogP contribution is 2.22. The molecule has 0 spiro atoms. The third kappa shape index (κ3) is 3.18. The van der Waals surface area contributed by atoms with Crippen molar-refractivity contribution >= 4 is 17.3 Å². The minimum atomic E-state index is -0.491. The first-order valence-electron chi connectivity index (χ1n) is 5.69. The van der Waals surface area contributed by atoms with E-state index >= 15 is 0 Å². The van der Waals surface area contributed by atoms with Gasteiger partial charge in [0.25, 0.3) is 0 Å². The monoisotopic (exact) mass is 262 g/mol. The molecule has 0 atom stereocenters. The molecule has 3 N–H and O–H groups in total. The number of hydrogen-bond acceptors (Lipinski definition) is 6. The Morgan fingerprint density at radius 2 is 2.26 bits per heavy atom. The highest BCUT2D eigenvalue weighted by atomic mass is 16.6. The molecule has 2 aromatic heterocycles. The number of aromatic nitrogens is 3. The molecule has 0 saturated carbocycles. The zero-order chi connectivity index (χ0) is 13.8. The fourth-order valence-electron chi connectivity index (χ4n) is 1.65. The quantitative estimate of drug-likeness (QED) is 0.613. The Morgan fingerprint density at radius 3 is 2.89 bits per heavy atom. The van der Waals surface area contributed by atoms with Crippen molar-refractivity contribution in [2.75, 3.05) is 17.6 Å². The molecule has 0 radical (unpaired) electrons. The van der Waals surface area contributed by atoms with Crippen molar-refractivity contribution in [3.63, 3.8) is 0 Å². The zero-order valence-corrected chi connectivity index (χ0v) is 10.4. The molecule has 0 aliphatic carbocycles. The maximum atomic E-state index is 10.8. The molecule has 0 amide bonds. The molecule has 2 aromatic rings. The number of rotatable bonds is 5. The molecule has 0 saturated heterocycles. The number of pyridine rings is 1. The van der Waals surface area contributed by atoms with Gasteiger partial charge in [0.05, 0.1) is 10.6 Å². The summed E-state index contributed by atoms with van der Waals surface area (Å²) < 4.78 is 1.70. The van der Waals surface area contributed by atoms with Crippen molar-refractivity contribution in [1.82, 2.24) is 14.8 Å². The molecular weight excluding hydrogens is 248 g/mol. The van der Waals surface area contributed by atoms with E-state index < -0.39 is 4.92 Å². The minimum absolute atomic E-state index is 0.0878. The lowest BCUT2D eigenvalue weighted by Gasteiger charge is -2.05. The van der Waals surface area contributed by atoms with Crippen LogP contribution in [-0.4, -0.2) is 26.2 Å². The van der Waals surface area contributed by atoms with E-state index in [9.17, 15) is 10.1 Å². The third-order valence-corrected chi connectivity index (χ3v) is 2.53. The van der Waals surface area contributed by atoms with Crippen molar-refractivity contribution < 1.29 is 4.92 Å². The number of nitrogens with one attached hydrogen (secondary N) is 1. The Morgan fingerprint density at radius 1 is 1.47 bits per heavy atom. The lowest BCUT2D eigenvalue weighted by Crippen LogP contribution is -2.10. The smallest absolute Gasteiger partial charge is 0.311 e. The van der Waals surface area contributed by atoms with Gasteiger partial charge in [-0.05, 0) is 12.1 Å². The lowest BCUT2D eigenvalue weighted by molar-refractivity contribution is -0.384. The summed E-state index contributed by atoms with van der Waals surface area (Å²) in [4.78, 5) is 14.3. The molecular formula is C11H14N6O2. The van der Waals surface area contributed by atoms with Crippen LogP contribution in [0.1, 0.15) is 5.69 Å². The van der Waals surface area contributed by atoms with Gasteiger partial charge < -0.3 is 11.1 Å². The number of nitro groups is 1. The molecule has 0 fully saturated rings. The Labute approximate surface area is 109 Å². The summed E-state index contributed by atoms with van der Waals surface area (Å²) in [6.45, 7) is 0.494. The van der Waals surface area contributed by atoms with E-state index in [2.05, 4.69) is 15.4 Å². The van der Waals surface area contributed by atoms with Crippen molar-refractivity contribution in [2.24, 2.45) is 7.05 Å². The zero-order valence-electron chi connectivity index (χ0n) is 10.4. The second-order valence-corrected chi connectivity index (χ2v) is 4.02. The summed E-state index contributed by atoms with van der Waals surface area (Å²) in [5, 5.41) is 18.0. The second kappa shape index (κ2) is 5.34. The molecule has 8 nitrogen and oxygen atoms in total. The molecule has 19 heavy (non-hydrogen) atoms.